The van der Waals surface area contributed by atoms with Gasteiger partial charge < -0.3 is 34.8 Å². The molecule has 0 aliphatic carbocycles. The zero-order valence-electron chi connectivity index (χ0n) is 19.5. The van der Waals surface area contributed by atoms with E-state index < -0.39 is 80.5 Å². The van der Waals surface area contributed by atoms with Crippen molar-refractivity contribution < 1.29 is 48.4 Å². The van der Waals surface area contributed by atoms with Gasteiger partial charge in [0.05, 0.1) is 32.0 Å². The second-order valence-electron chi connectivity index (χ2n) is 8.28. The third kappa shape index (κ3) is 7.41. The maximum atomic E-state index is 12.3. The molecule has 9 atom stereocenters. The van der Waals surface area contributed by atoms with E-state index in [1.165, 1.54) is 13.1 Å². The summed E-state index contributed by atoms with van der Waals surface area (Å²) in [5.74, 6) is 0.00836. The van der Waals surface area contributed by atoms with Crippen molar-refractivity contribution in [2.75, 3.05) is 25.6 Å². The van der Waals surface area contributed by atoms with Crippen LogP contribution >= 0.6 is 19.6 Å². The Morgan fingerprint density at radius 1 is 1.24 bits per heavy atom. The Kier molecular flexibility index (Phi) is 10.3. The smallest absolute Gasteiger partial charge is 0.394 e. The Hall–Kier alpha value is -1.79. The Morgan fingerprint density at radius 2 is 1.97 bits per heavy atom. The van der Waals surface area contributed by atoms with E-state index in [0.717, 1.165) is 16.3 Å². The number of phosphoric acid groups is 1. The third-order valence-electron chi connectivity index (χ3n) is 5.73. The lowest BCUT2D eigenvalue weighted by Crippen LogP contribution is -2.57. The Balaban J connectivity index is 1.51. The highest BCUT2D eigenvalue weighted by atomic mass is 32.2. The van der Waals surface area contributed by atoms with Crippen LogP contribution in [0.2, 0.25) is 0 Å². The number of aryl methyl sites for hydroxylation is 1. The van der Waals surface area contributed by atoms with Crippen LogP contribution in [0, 0.1) is 6.92 Å². The number of aromatic amines is 1. The highest BCUT2D eigenvalue weighted by Crippen LogP contribution is 2.44. The van der Waals surface area contributed by atoms with Gasteiger partial charge in [-0.1, -0.05) is 5.11 Å². The first-order valence-electron chi connectivity index (χ1n) is 11.0. The van der Waals surface area contributed by atoms with Crippen molar-refractivity contribution in [3.05, 3.63) is 43.0 Å². The predicted molar refractivity (Wildman–Crippen MR) is 125 cm³/mol. The van der Waals surface area contributed by atoms with Crippen molar-refractivity contribution >= 4 is 19.6 Å². The van der Waals surface area contributed by atoms with Crippen LogP contribution in [-0.2, 0) is 23.1 Å². The van der Waals surface area contributed by atoms with Gasteiger partial charge in [0.15, 0.2) is 0 Å². The van der Waals surface area contributed by atoms with E-state index in [9.17, 15) is 39.5 Å². The number of nitrogens with zero attached hydrogens (tertiary/aromatic N) is 4. The average molecular weight is 569 g/mol. The van der Waals surface area contributed by atoms with Crippen molar-refractivity contribution in [1.29, 1.82) is 0 Å². The van der Waals surface area contributed by atoms with Crippen molar-refractivity contribution in [3.63, 3.8) is 0 Å². The van der Waals surface area contributed by atoms with E-state index in [0.29, 0.717) is 0 Å². The van der Waals surface area contributed by atoms with Crippen LogP contribution in [0.25, 0.3) is 10.4 Å². The lowest BCUT2D eigenvalue weighted by atomic mass is 10.0. The van der Waals surface area contributed by atoms with Gasteiger partial charge in [0.25, 0.3) is 5.56 Å². The Morgan fingerprint density at radius 3 is 2.65 bits per heavy atom. The molecule has 2 aliphatic rings. The third-order valence-corrected chi connectivity index (χ3v) is 7.84. The monoisotopic (exact) mass is 569 g/mol. The normalized spacial score (nSPS) is 33.6. The number of azide groups is 1. The van der Waals surface area contributed by atoms with Gasteiger partial charge in [-0.3, -0.25) is 23.4 Å². The summed E-state index contributed by atoms with van der Waals surface area (Å²) in [6.07, 6.45) is -6.22. The second kappa shape index (κ2) is 12.8. The number of aliphatic hydroxyl groups excluding tert-OH is 4. The van der Waals surface area contributed by atoms with Crippen LogP contribution < -0.4 is 11.2 Å². The fourth-order valence-corrected chi connectivity index (χ4v) is 5.60. The highest BCUT2D eigenvalue weighted by Gasteiger charge is 2.43. The van der Waals surface area contributed by atoms with Crippen molar-refractivity contribution in [2.45, 2.75) is 61.6 Å². The molecular formula is C18H28N5O12PS. The van der Waals surface area contributed by atoms with E-state index in [2.05, 4.69) is 15.0 Å². The number of phosphoric ester groups is 1. The summed E-state index contributed by atoms with van der Waals surface area (Å²) in [4.78, 5) is 38.6. The standard InChI is InChI=1S/C18H28N5O12PS/c1-8-5-23(18(29)20-16(8)28)12-4-9(21-22-19)11(34-12)7-33-36(30,31)32-2-3-37-17-15(27)14(26)13(25)10(6-24)35-17/h5,9-15,17,24-27H,2-4,6-7H2,1H3,(H,30,31)(H,20,28,29)/t9-,10+,11+,12+,13+,14-,15+,17-/m0/s1. The molecule has 0 radical (unpaired) electrons. The maximum Gasteiger partial charge on any atom is 0.472 e. The SMILES string of the molecule is Cc1cn([C@H]2C[C@H](N=[N+]=[N-])[C@@H](COP(=O)(O)OCCS[C@@H]3O[C@H](CO)[C@@H](O)[C@H](O)[C@H]3O)O2)c(=O)[nH]c1=O. The van der Waals surface area contributed by atoms with Crippen LogP contribution in [-0.4, -0.2) is 102 Å². The summed E-state index contributed by atoms with van der Waals surface area (Å²) in [7, 11) is -4.61. The first kappa shape index (κ1) is 29.8. The lowest BCUT2D eigenvalue weighted by Gasteiger charge is -2.39. The van der Waals surface area contributed by atoms with Gasteiger partial charge in [0, 0.05) is 28.8 Å². The maximum absolute atomic E-state index is 12.3. The molecule has 37 heavy (non-hydrogen) atoms. The minimum absolute atomic E-state index is 0.00836. The van der Waals surface area contributed by atoms with Gasteiger partial charge in [-0.25, -0.2) is 9.36 Å². The largest absolute Gasteiger partial charge is 0.472 e. The number of nitrogens with one attached hydrogen (secondary N) is 1. The number of thioether (sulfide) groups is 1. The summed E-state index contributed by atoms with van der Waals surface area (Å²) in [5, 5.41) is 42.4. The summed E-state index contributed by atoms with van der Waals surface area (Å²) >= 11 is 0.918. The minimum atomic E-state index is -4.61. The summed E-state index contributed by atoms with van der Waals surface area (Å²) in [6.45, 7) is 0.0400. The molecule has 0 spiro atoms. The van der Waals surface area contributed by atoms with Gasteiger partial charge in [-0.2, -0.15) is 0 Å². The number of rotatable bonds is 11. The number of H-pyrrole nitrogens is 1. The first-order valence-corrected chi connectivity index (χ1v) is 13.6. The van der Waals surface area contributed by atoms with Crippen LogP contribution in [0.4, 0.5) is 0 Å². The van der Waals surface area contributed by atoms with Gasteiger partial charge in [0.2, 0.25) is 0 Å². The van der Waals surface area contributed by atoms with Crippen LogP contribution in [0.5, 0.6) is 0 Å². The molecule has 3 heterocycles. The molecule has 208 valence electrons. The second-order valence-corrected chi connectivity index (χ2v) is 10.9. The molecule has 1 aromatic rings. The van der Waals surface area contributed by atoms with E-state index in [-0.39, 0.29) is 24.3 Å². The van der Waals surface area contributed by atoms with Gasteiger partial charge >= 0.3 is 13.5 Å². The molecule has 2 saturated heterocycles. The molecule has 0 saturated carbocycles. The molecule has 0 bridgehead atoms. The van der Waals surface area contributed by atoms with E-state index in [4.69, 9.17) is 24.1 Å². The number of hydrogen-bond acceptors (Lipinski definition) is 13. The minimum Gasteiger partial charge on any atom is -0.394 e. The van der Waals surface area contributed by atoms with Crippen LogP contribution in [0.1, 0.15) is 18.2 Å². The topological polar surface area (TPSA) is 259 Å². The van der Waals surface area contributed by atoms with E-state index >= 15 is 0 Å². The molecule has 0 amide bonds. The number of aliphatic hydroxyl groups is 4. The fourth-order valence-electron chi connectivity index (χ4n) is 3.75. The molecular weight excluding hydrogens is 541 g/mol. The number of ether oxygens (including phenoxy) is 2. The van der Waals surface area contributed by atoms with Gasteiger partial charge in [-0.15, -0.1) is 11.8 Å². The van der Waals surface area contributed by atoms with Gasteiger partial charge in [0.1, 0.15) is 36.1 Å². The molecule has 3 rings (SSSR count). The zero-order chi connectivity index (χ0) is 27.3. The fraction of sp³-hybridized carbons (Fsp3) is 0.778. The molecule has 2 fully saturated rings. The van der Waals surface area contributed by atoms with Crippen molar-refractivity contribution in [3.8, 4) is 0 Å². The van der Waals surface area contributed by atoms with E-state index in [1.54, 1.807) is 0 Å². The lowest BCUT2D eigenvalue weighted by molar-refractivity contribution is -0.205. The predicted octanol–water partition coefficient (Wildman–Crippen LogP) is -1.52. The summed E-state index contributed by atoms with van der Waals surface area (Å²) < 4.78 is 34.3. The zero-order valence-corrected chi connectivity index (χ0v) is 21.2. The molecule has 1 unspecified atom stereocenters. The summed E-state index contributed by atoms with van der Waals surface area (Å²) in [6, 6.07) is -0.851. The van der Waals surface area contributed by atoms with Crippen LogP contribution in [0.3, 0.4) is 0 Å². The van der Waals surface area contributed by atoms with Crippen molar-refractivity contribution in [2.24, 2.45) is 5.11 Å². The molecule has 0 aromatic carbocycles. The molecule has 6 N–H and O–H groups in total. The first-order chi connectivity index (χ1) is 17.5. The Labute approximate surface area is 213 Å². The Bertz CT molecular complexity index is 1140. The highest BCUT2D eigenvalue weighted by molar-refractivity contribution is 7.99. The molecule has 17 nitrogen and oxygen atoms in total. The molecule has 19 heteroatoms. The molecule has 2 aliphatic heterocycles. The quantitative estimate of drug-likeness (QED) is 0.0582. The average Bonchev–Trinajstić information content (AvgIpc) is 3.25. The number of aromatic nitrogens is 2. The van der Waals surface area contributed by atoms with E-state index in [1.807, 2.05) is 0 Å². The number of hydrogen-bond donors (Lipinski definition) is 6. The van der Waals surface area contributed by atoms with Crippen molar-refractivity contribution in [1.82, 2.24) is 9.55 Å². The molecule has 1 aromatic heterocycles. The van der Waals surface area contributed by atoms with Gasteiger partial charge in [-0.05, 0) is 12.5 Å². The van der Waals surface area contributed by atoms with Crippen LogP contribution in [0.15, 0.2) is 20.9 Å². The summed E-state index contributed by atoms with van der Waals surface area (Å²) in [5.41, 5.74) is 6.75.